The molecule has 122 valence electrons. The molecule has 0 aliphatic carbocycles. The first-order valence-electron chi connectivity index (χ1n) is 7.99. The minimum atomic E-state index is -0.746. The van der Waals surface area contributed by atoms with Gasteiger partial charge in [0.2, 0.25) is 0 Å². The maximum Gasteiger partial charge on any atom is 0.308 e. The van der Waals surface area contributed by atoms with Gasteiger partial charge < -0.3 is 14.4 Å². The van der Waals surface area contributed by atoms with Crippen LogP contribution in [0.5, 0.6) is 0 Å². The average Bonchev–Trinajstić information content (AvgIpc) is 3.15. The predicted octanol–water partition coefficient (Wildman–Crippen LogP) is 3.19. The minimum Gasteiger partial charge on any atom is -0.481 e. The molecule has 1 saturated heterocycles. The molecular formula is C18H17N3O3. The summed E-state index contributed by atoms with van der Waals surface area (Å²) >= 11 is 0. The largest absolute Gasteiger partial charge is 0.481 e. The van der Waals surface area contributed by atoms with Crippen LogP contribution in [0.1, 0.15) is 12.8 Å². The van der Waals surface area contributed by atoms with Crippen LogP contribution in [0.2, 0.25) is 0 Å². The fourth-order valence-electron chi connectivity index (χ4n) is 3.34. The molecule has 1 aliphatic heterocycles. The first kappa shape index (κ1) is 14.7. The van der Waals surface area contributed by atoms with Crippen molar-refractivity contribution in [1.29, 1.82) is 0 Å². The maximum atomic E-state index is 11.4. The number of hydrogen-bond donors (Lipinski definition) is 1. The topological polar surface area (TPSA) is 79.5 Å². The molecule has 1 aromatic carbocycles. The molecule has 0 amide bonds. The summed E-state index contributed by atoms with van der Waals surface area (Å²) in [7, 11) is 0. The molecule has 3 aromatic rings. The first-order chi connectivity index (χ1) is 11.7. The summed E-state index contributed by atoms with van der Waals surface area (Å²) < 4.78 is 5.56. The number of carboxylic acid groups (broad SMARTS) is 1. The Hall–Kier alpha value is -2.89. The van der Waals surface area contributed by atoms with Gasteiger partial charge in [-0.05, 0) is 31.0 Å². The molecule has 1 aliphatic rings. The molecule has 0 spiro atoms. The number of carboxylic acids is 1. The summed E-state index contributed by atoms with van der Waals surface area (Å²) in [6.45, 7) is 1.26. The van der Waals surface area contributed by atoms with Crippen LogP contribution in [0.3, 0.4) is 0 Å². The van der Waals surface area contributed by atoms with Crippen molar-refractivity contribution in [2.75, 3.05) is 18.0 Å². The van der Waals surface area contributed by atoms with Crippen LogP contribution in [0.15, 0.2) is 47.3 Å². The van der Waals surface area contributed by atoms with Gasteiger partial charge in [-0.2, -0.15) is 0 Å². The number of rotatable bonds is 3. The van der Waals surface area contributed by atoms with E-state index in [2.05, 4.69) is 14.9 Å². The molecule has 24 heavy (non-hydrogen) atoms. The monoisotopic (exact) mass is 323 g/mol. The first-order valence-corrected chi connectivity index (χ1v) is 7.99. The molecule has 4 rings (SSSR count). The van der Waals surface area contributed by atoms with Gasteiger partial charge in [-0.3, -0.25) is 4.79 Å². The molecule has 3 heterocycles. The smallest absolute Gasteiger partial charge is 0.308 e. The van der Waals surface area contributed by atoms with Crippen molar-refractivity contribution in [3.8, 4) is 11.3 Å². The molecule has 2 aromatic heterocycles. The molecule has 6 nitrogen and oxygen atoms in total. The number of piperidine rings is 1. The zero-order valence-corrected chi connectivity index (χ0v) is 13.1. The molecule has 6 heteroatoms. The van der Waals surface area contributed by atoms with Crippen molar-refractivity contribution >= 4 is 22.7 Å². The molecule has 0 bridgehead atoms. The second kappa shape index (κ2) is 5.96. The quantitative estimate of drug-likeness (QED) is 0.797. The molecule has 1 N–H and O–H groups in total. The van der Waals surface area contributed by atoms with Gasteiger partial charge in [-0.25, -0.2) is 9.97 Å². The van der Waals surface area contributed by atoms with Crippen molar-refractivity contribution in [3.63, 3.8) is 0 Å². The summed E-state index contributed by atoms with van der Waals surface area (Å²) in [5.74, 6) is 0.422. The summed E-state index contributed by atoms with van der Waals surface area (Å²) in [6.07, 6.45) is 4.72. The summed E-state index contributed by atoms with van der Waals surface area (Å²) in [5, 5.41) is 10.3. The molecule has 0 radical (unpaired) electrons. The SMILES string of the molecule is O=C(O)C1CCCN(c2ncnc3cccc(-c4ccco4)c23)C1. The number of nitrogens with zero attached hydrogens (tertiary/aromatic N) is 3. The lowest BCUT2D eigenvalue weighted by molar-refractivity contribution is -0.141. The van der Waals surface area contributed by atoms with Gasteiger partial charge in [0, 0.05) is 18.7 Å². The number of furan rings is 1. The highest BCUT2D eigenvalue weighted by Crippen LogP contribution is 2.35. The van der Waals surface area contributed by atoms with Crippen molar-refractivity contribution < 1.29 is 14.3 Å². The van der Waals surface area contributed by atoms with Crippen molar-refractivity contribution in [2.45, 2.75) is 12.8 Å². The Morgan fingerprint density at radius 2 is 2.17 bits per heavy atom. The highest BCUT2D eigenvalue weighted by molar-refractivity contribution is 6.01. The number of carbonyl (C=O) groups is 1. The number of anilines is 1. The zero-order chi connectivity index (χ0) is 16.5. The number of aromatic nitrogens is 2. The van der Waals surface area contributed by atoms with E-state index in [4.69, 9.17) is 4.42 Å². The Labute approximate surface area is 138 Å². The Kier molecular flexibility index (Phi) is 3.65. The van der Waals surface area contributed by atoms with E-state index in [0.29, 0.717) is 13.0 Å². The maximum absolute atomic E-state index is 11.4. The third kappa shape index (κ3) is 2.50. The summed E-state index contributed by atoms with van der Waals surface area (Å²) in [6, 6.07) is 9.60. The highest BCUT2D eigenvalue weighted by Gasteiger charge is 2.27. The standard InChI is InChI=1S/C18H17N3O3/c22-18(23)12-4-2-8-21(10-12)17-16-13(15-7-3-9-24-15)5-1-6-14(16)19-11-20-17/h1,3,5-7,9,11-12H,2,4,8,10H2,(H,22,23). The van der Waals surface area contributed by atoms with E-state index >= 15 is 0 Å². The van der Waals surface area contributed by atoms with E-state index in [1.807, 2.05) is 30.3 Å². The lowest BCUT2D eigenvalue weighted by Crippen LogP contribution is -2.39. The highest BCUT2D eigenvalue weighted by atomic mass is 16.4. The number of aliphatic carboxylic acids is 1. The number of benzene rings is 1. The predicted molar refractivity (Wildman–Crippen MR) is 89.8 cm³/mol. The van der Waals surface area contributed by atoms with Crippen molar-refractivity contribution in [1.82, 2.24) is 9.97 Å². The fourth-order valence-corrected chi connectivity index (χ4v) is 3.34. The fraction of sp³-hybridized carbons (Fsp3) is 0.278. The van der Waals surface area contributed by atoms with E-state index in [1.54, 1.807) is 6.26 Å². The second-order valence-corrected chi connectivity index (χ2v) is 6.00. The molecule has 0 saturated carbocycles. The van der Waals surface area contributed by atoms with Crippen LogP contribution in [-0.2, 0) is 4.79 Å². The third-order valence-corrected chi connectivity index (χ3v) is 4.50. The van der Waals surface area contributed by atoms with Crippen molar-refractivity contribution in [3.05, 3.63) is 42.9 Å². The lowest BCUT2D eigenvalue weighted by Gasteiger charge is -2.32. The van der Waals surface area contributed by atoms with Crippen molar-refractivity contribution in [2.24, 2.45) is 5.92 Å². The van der Waals surface area contributed by atoms with E-state index in [9.17, 15) is 9.90 Å². The Morgan fingerprint density at radius 3 is 2.96 bits per heavy atom. The number of hydrogen-bond acceptors (Lipinski definition) is 5. The Bertz CT molecular complexity index is 871. The molecule has 1 fully saturated rings. The minimum absolute atomic E-state index is 0.362. The van der Waals surface area contributed by atoms with Gasteiger partial charge in [0.25, 0.3) is 0 Å². The normalized spacial score (nSPS) is 18.0. The molecular weight excluding hydrogens is 306 g/mol. The van der Waals surface area contributed by atoms with Gasteiger partial charge >= 0.3 is 5.97 Å². The summed E-state index contributed by atoms with van der Waals surface area (Å²) in [5.41, 5.74) is 1.75. The van der Waals surface area contributed by atoms with Gasteiger partial charge in [0.05, 0.1) is 23.1 Å². The van der Waals surface area contributed by atoms with E-state index in [0.717, 1.165) is 41.0 Å². The third-order valence-electron chi connectivity index (χ3n) is 4.50. The lowest BCUT2D eigenvalue weighted by atomic mass is 9.97. The van der Waals surface area contributed by atoms with Gasteiger partial charge in [0.1, 0.15) is 17.9 Å². The van der Waals surface area contributed by atoms with E-state index in [-0.39, 0.29) is 5.92 Å². The van der Waals surface area contributed by atoms with Crippen LogP contribution in [0.25, 0.3) is 22.2 Å². The van der Waals surface area contributed by atoms with E-state index < -0.39 is 5.97 Å². The second-order valence-electron chi connectivity index (χ2n) is 6.00. The molecule has 1 unspecified atom stereocenters. The van der Waals surface area contributed by atoms with Gasteiger partial charge in [-0.15, -0.1) is 0 Å². The molecule has 1 atom stereocenters. The number of fused-ring (bicyclic) bond motifs is 1. The van der Waals surface area contributed by atoms with Crippen LogP contribution >= 0.6 is 0 Å². The Morgan fingerprint density at radius 1 is 1.25 bits per heavy atom. The van der Waals surface area contributed by atoms with Crippen LogP contribution in [-0.4, -0.2) is 34.1 Å². The van der Waals surface area contributed by atoms with E-state index in [1.165, 1.54) is 6.33 Å². The van der Waals surface area contributed by atoms with Crippen LogP contribution in [0.4, 0.5) is 5.82 Å². The Balaban J connectivity index is 1.85. The summed E-state index contributed by atoms with van der Waals surface area (Å²) in [4.78, 5) is 22.3. The van der Waals surface area contributed by atoms with Gasteiger partial charge in [0.15, 0.2) is 0 Å². The average molecular weight is 323 g/mol. The van der Waals surface area contributed by atoms with Gasteiger partial charge in [-0.1, -0.05) is 12.1 Å². The van der Waals surface area contributed by atoms with Crippen LogP contribution < -0.4 is 4.90 Å². The zero-order valence-electron chi connectivity index (χ0n) is 13.1. The van der Waals surface area contributed by atoms with Crippen LogP contribution in [0, 0.1) is 5.92 Å².